The van der Waals surface area contributed by atoms with Crippen LogP contribution in [0.15, 0.2) is 16.8 Å². The molecule has 0 bridgehead atoms. The molecule has 1 saturated carbocycles. The van der Waals surface area contributed by atoms with Crippen LogP contribution in [0.1, 0.15) is 52.0 Å². The quantitative estimate of drug-likeness (QED) is 0.847. The number of thiophene rings is 1. The van der Waals surface area contributed by atoms with Crippen LogP contribution in [0, 0.1) is 5.41 Å². The molecule has 0 aromatic carbocycles. The largest absolute Gasteiger partial charge is 0.377 e. The van der Waals surface area contributed by atoms with Crippen LogP contribution in [0.3, 0.4) is 0 Å². The fraction of sp³-hybridized carbons (Fsp3) is 0.765. The van der Waals surface area contributed by atoms with Crippen molar-refractivity contribution in [1.29, 1.82) is 0 Å². The highest BCUT2D eigenvalue weighted by atomic mass is 32.1. The molecule has 2 nitrogen and oxygen atoms in total. The maximum Gasteiger partial charge on any atom is 0.0834 e. The smallest absolute Gasteiger partial charge is 0.0834 e. The summed E-state index contributed by atoms with van der Waals surface area (Å²) in [5.41, 5.74) is 1.91. The van der Waals surface area contributed by atoms with Crippen LogP contribution in [0.4, 0.5) is 0 Å². The molecule has 20 heavy (non-hydrogen) atoms. The first-order valence-electron chi connectivity index (χ1n) is 7.81. The van der Waals surface area contributed by atoms with Gasteiger partial charge in [0, 0.05) is 13.2 Å². The molecule has 1 aliphatic rings. The average molecular weight is 295 g/mol. The minimum Gasteiger partial charge on any atom is -0.377 e. The first kappa shape index (κ1) is 16.0. The van der Waals surface area contributed by atoms with Crippen LogP contribution in [0.2, 0.25) is 0 Å². The lowest BCUT2D eigenvalue weighted by Crippen LogP contribution is -2.55. The molecule has 1 aromatic heterocycles. The minimum absolute atomic E-state index is 0.00741. The van der Waals surface area contributed by atoms with Gasteiger partial charge in [0.2, 0.25) is 0 Å². The van der Waals surface area contributed by atoms with Crippen molar-refractivity contribution in [3.8, 4) is 0 Å². The zero-order valence-electron chi connectivity index (χ0n) is 13.4. The second kappa shape index (κ2) is 6.59. The number of hydrogen-bond donors (Lipinski definition) is 1. The van der Waals surface area contributed by atoms with Gasteiger partial charge in [-0.2, -0.15) is 11.3 Å². The van der Waals surface area contributed by atoms with Crippen LogP contribution in [0.5, 0.6) is 0 Å². The van der Waals surface area contributed by atoms with Gasteiger partial charge in [-0.25, -0.2) is 0 Å². The van der Waals surface area contributed by atoms with Crippen molar-refractivity contribution in [2.75, 3.05) is 13.7 Å². The monoisotopic (exact) mass is 295 g/mol. The third kappa shape index (κ3) is 3.63. The van der Waals surface area contributed by atoms with E-state index in [2.05, 4.69) is 42.9 Å². The number of hydrogen-bond acceptors (Lipinski definition) is 3. The van der Waals surface area contributed by atoms with Gasteiger partial charge in [-0.15, -0.1) is 0 Å². The summed E-state index contributed by atoms with van der Waals surface area (Å²) in [7, 11) is 1.90. The molecule has 1 aromatic rings. The van der Waals surface area contributed by atoms with Crippen LogP contribution in [-0.2, 0) is 11.2 Å². The van der Waals surface area contributed by atoms with Crippen LogP contribution >= 0.6 is 11.3 Å². The molecule has 0 radical (unpaired) electrons. The van der Waals surface area contributed by atoms with Crippen molar-refractivity contribution in [2.45, 2.75) is 64.5 Å². The molecule has 1 N–H and O–H groups in total. The molecule has 2 rings (SSSR count). The van der Waals surface area contributed by atoms with Gasteiger partial charge in [0.25, 0.3) is 0 Å². The van der Waals surface area contributed by atoms with Gasteiger partial charge in [-0.05, 0) is 66.5 Å². The first-order chi connectivity index (χ1) is 9.51. The zero-order valence-corrected chi connectivity index (χ0v) is 14.2. The third-order valence-electron chi connectivity index (χ3n) is 4.96. The predicted molar refractivity (Wildman–Crippen MR) is 87.5 cm³/mol. The topological polar surface area (TPSA) is 21.3 Å². The molecule has 0 spiro atoms. The summed E-state index contributed by atoms with van der Waals surface area (Å²) >= 11 is 1.78. The molecule has 1 atom stereocenters. The number of rotatable bonds is 6. The van der Waals surface area contributed by atoms with Gasteiger partial charge in [0.1, 0.15) is 0 Å². The van der Waals surface area contributed by atoms with E-state index >= 15 is 0 Å². The van der Waals surface area contributed by atoms with E-state index in [4.69, 9.17) is 4.74 Å². The van der Waals surface area contributed by atoms with Crippen molar-refractivity contribution in [2.24, 2.45) is 5.41 Å². The van der Waals surface area contributed by atoms with Gasteiger partial charge in [0.05, 0.1) is 5.60 Å². The molecular weight excluding hydrogens is 266 g/mol. The third-order valence-corrected chi connectivity index (χ3v) is 5.69. The maximum absolute atomic E-state index is 6.08. The van der Waals surface area contributed by atoms with Gasteiger partial charge in [-0.3, -0.25) is 0 Å². The Hall–Kier alpha value is -0.380. The van der Waals surface area contributed by atoms with Gasteiger partial charge < -0.3 is 10.1 Å². The Morgan fingerprint density at radius 2 is 2.00 bits per heavy atom. The zero-order chi connectivity index (χ0) is 14.6. The van der Waals surface area contributed by atoms with Gasteiger partial charge in [-0.1, -0.05) is 20.8 Å². The highest BCUT2D eigenvalue weighted by Gasteiger charge is 2.43. The second-order valence-corrected chi connectivity index (χ2v) is 7.66. The Labute approximate surface area is 127 Å². The molecule has 0 amide bonds. The SMILES string of the molecule is CCNC(Cc1ccsc1)C1(OC)CCC(C)(C)CC1. The number of likely N-dealkylation sites (N-methyl/N-ethyl adjacent to an activating group) is 1. The van der Waals surface area contributed by atoms with Crippen molar-refractivity contribution in [3.63, 3.8) is 0 Å². The van der Waals surface area contributed by atoms with E-state index in [0.717, 1.165) is 25.8 Å². The van der Waals surface area contributed by atoms with Crippen molar-refractivity contribution in [1.82, 2.24) is 5.32 Å². The van der Waals surface area contributed by atoms with Crippen molar-refractivity contribution < 1.29 is 4.74 Å². The lowest BCUT2D eigenvalue weighted by atomic mass is 9.67. The lowest BCUT2D eigenvalue weighted by molar-refractivity contribution is -0.0858. The fourth-order valence-corrected chi connectivity index (χ4v) is 4.06. The van der Waals surface area contributed by atoms with E-state index in [1.54, 1.807) is 11.3 Å². The van der Waals surface area contributed by atoms with Crippen LogP contribution in [-0.4, -0.2) is 25.3 Å². The van der Waals surface area contributed by atoms with E-state index < -0.39 is 0 Å². The molecule has 1 heterocycles. The highest BCUT2D eigenvalue weighted by molar-refractivity contribution is 7.07. The predicted octanol–water partition coefficient (Wildman–Crippen LogP) is 4.25. The van der Waals surface area contributed by atoms with Crippen LogP contribution < -0.4 is 5.32 Å². The summed E-state index contributed by atoms with van der Waals surface area (Å²) in [5, 5.41) is 8.12. The molecule has 1 fully saturated rings. The Kier molecular flexibility index (Phi) is 5.27. The minimum atomic E-state index is 0.00741. The molecular formula is C17H29NOS. The Balaban J connectivity index is 2.12. The van der Waals surface area contributed by atoms with Crippen molar-refractivity contribution >= 4 is 11.3 Å². The van der Waals surface area contributed by atoms with Gasteiger partial charge >= 0.3 is 0 Å². The molecule has 114 valence electrons. The molecule has 0 aliphatic heterocycles. The Morgan fingerprint density at radius 1 is 1.30 bits per heavy atom. The van der Waals surface area contributed by atoms with E-state index in [-0.39, 0.29) is 5.60 Å². The maximum atomic E-state index is 6.08. The molecule has 1 unspecified atom stereocenters. The summed E-state index contributed by atoms with van der Waals surface area (Å²) < 4.78 is 6.08. The Bertz CT molecular complexity index is 389. The molecule has 3 heteroatoms. The highest BCUT2D eigenvalue weighted by Crippen LogP contribution is 2.44. The molecule has 1 aliphatic carbocycles. The summed E-state index contributed by atoms with van der Waals surface area (Å²) in [5.74, 6) is 0. The van der Waals surface area contributed by atoms with Crippen LogP contribution in [0.25, 0.3) is 0 Å². The van der Waals surface area contributed by atoms with E-state index in [1.165, 1.54) is 18.4 Å². The second-order valence-electron chi connectivity index (χ2n) is 6.88. The van der Waals surface area contributed by atoms with Crippen molar-refractivity contribution in [3.05, 3.63) is 22.4 Å². The van der Waals surface area contributed by atoms with E-state index in [0.29, 0.717) is 11.5 Å². The average Bonchev–Trinajstić information content (AvgIpc) is 2.92. The summed E-state index contributed by atoms with van der Waals surface area (Å²) in [4.78, 5) is 0. The van der Waals surface area contributed by atoms with E-state index in [9.17, 15) is 0 Å². The number of nitrogens with one attached hydrogen (secondary N) is 1. The first-order valence-corrected chi connectivity index (χ1v) is 8.75. The standard InChI is InChI=1S/C17H29NOS/c1-5-18-15(12-14-6-11-20-13-14)17(19-4)9-7-16(2,3)8-10-17/h6,11,13,15,18H,5,7-10,12H2,1-4H3. The molecule has 0 saturated heterocycles. The summed E-state index contributed by atoms with van der Waals surface area (Å²) in [6.07, 6.45) is 5.92. The number of ether oxygens (including phenoxy) is 1. The summed E-state index contributed by atoms with van der Waals surface area (Å²) in [6, 6.07) is 2.66. The number of methoxy groups -OCH3 is 1. The summed E-state index contributed by atoms with van der Waals surface area (Å²) in [6.45, 7) is 7.96. The Morgan fingerprint density at radius 3 is 2.50 bits per heavy atom. The van der Waals surface area contributed by atoms with Gasteiger partial charge in [0.15, 0.2) is 0 Å². The normalized spacial score (nSPS) is 22.6. The van der Waals surface area contributed by atoms with E-state index in [1.807, 2.05) is 7.11 Å². The fourth-order valence-electron chi connectivity index (χ4n) is 3.38. The lowest BCUT2D eigenvalue weighted by Gasteiger charge is -2.47.